The molecule has 0 bridgehead atoms. The van der Waals surface area contributed by atoms with E-state index in [0.29, 0.717) is 12.0 Å². The molecule has 1 saturated carbocycles. The molecule has 4 nitrogen and oxygen atoms in total. The zero-order chi connectivity index (χ0) is 24.5. The topological polar surface area (TPSA) is 63.6 Å². The highest BCUT2D eigenvalue weighted by Crippen LogP contribution is 2.54. The second kappa shape index (κ2) is 16.7. The Morgan fingerprint density at radius 3 is 1.85 bits per heavy atom. The predicted molar refractivity (Wildman–Crippen MR) is 137 cm³/mol. The van der Waals surface area contributed by atoms with Crippen LogP contribution in [0.25, 0.3) is 0 Å². The van der Waals surface area contributed by atoms with Crippen molar-refractivity contribution >= 4 is 11.9 Å². The number of carboxylic acid groups (broad SMARTS) is 1. The van der Waals surface area contributed by atoms with Crippen molar-refractivity contribution in [2.24, 2.45) is 11.3 Å². The Morgan fingerprint density at radius 2 is 1.33 bits per heavy atom. The van der Waals surface area contributed by atoms with Crippen molar-refractivity contribution in [3.05, 3.63) is 35.4 Å². The molecule has 188 valence electrons. The van der Waals surface area contributed by atoms with E-state index in [1.165, 1.54) is 82.8 Å². The van der Waals surface area contributed by atoms with Crippen molar-refractivity contribution in [1.82, 2.24) is 0 Å². The fraction of sp³-hybridized carbons (Fsp3) is 0.724. The smallest absolute Gasteiger partial charge is 0.339 e. The number of rotatable bonds is 16. The van der Waals surface area contributed by atoms with Gasteiger partial charge in [0.15, 0.2) is 0 Å². The van der Waals surface area contributed by atoms with Crippen LogP contribution in [0, 0.1) is 11.3 Å². The van der Waals surface area contributed by atoms with Crippen LogP contribution in [0.4, 0.5) is 0 Å². The van der Waals surface area contributed by atoms with Gasteiger partial charge >= 0.3 is 11.9 Å². The van der Waals surface area contributed by atoms with Gasteiger partial charge in [-0.25, -0.2) is 9.59 Å². The lowest BCUT2D eigenvalue weighted by atomic mass is 10.0. The number of aromatic carboxylic acids is 1. The summed E-state index contributed by atoms with van der Waals surface area (Å²) in [6.45, 7) is 9.62. The average Bonchev–Trinajstić information content (AvgIpc) is 3.41. The molecule has 1 aromatic rings. The molecule has 1 N–H and O–H groups in total. The molecule has 0 saturated heterocycles. The molecule has 1 atom stereocenters. The fourth-order valence-corrected chi connectivity index (χ4v) is 4.21. The lowest BCUT2D eigenvalue weighted by Gasteiger charge is -2.07. The van der Waals surface area contributed by atoms with Crippen LogP contribution in [0.15, 0.2) is 24.3 Å². The monoisotopic (exact) mass is 460 g/mol. The summed E-state index contributed by atoms with van der Waals surface area (Å²) in [7, 11) is 0. The molecule has 0 heterocycles. The molecule has 1 aromatic carbocycles. The second-order valence-electron chi connectivity index (χ2n) is 10.2. The van der Waals surface area contributed by atoms with E-state index >= 15 is 0 Å². The van der Waals surface area contributed by atoms with Crippen LogP contribution >= 0.6 is 0 Å². The minimum Gasteiger partial charge on any atom is -0.478 e. The van der Waals surface area contributed by atoms with Crippen LogP contribution in [-0.4, -0.2) is 23.7 Å². The van der Waals surface area contributed by atoms with E-state index < -0.39 is 11.9 Å². The summed E-state index contributed by atoms with van der Waals surface area (Å²) in [4.78, 5) is 22.8. The molecule has 0 amide bonds. The number of ether oxygens (including phenoxy) is 1. The summed E-state index contributed by atoms with van der Waals surface area (Å²) >= 11 is 0. The van der Waals surface area contributed by atoms with Gasteiger partial charge in [0.1, 0.15) is 0 Å². The Balaban J connectivity index is 0.000000361. The van der Waals surface area contributed by atoms with Gasteiger partial charge < -0.3 is 9.84 Å². The van der Waals surface area contributed by atoms with Crippen LogP contribution < -0.4 is 0 Å². The molecule has 4 heteroatoms. The van der Waals surface area contributed by atoms with Crippen molar-refractivity contribution in [1.29, 1.82) is 0 Å². The van der Waals surface area contributed by atoms with Crippen molar-refractivity contribution in [3.8, 4) is 0 Å². The van der Waals surface area contributed by atoms with Crippen molar-refractivity contribution in [2.45, 2.75) is 118 Å². The fourth-order valence-electron chi connectivity index (χ4n) is 4.21. The molecule has 1 unspecified atom stereocenters. The van der Waals surface area contributed by atoms with E-state index in [1.54, 1.807) is 12.1 Å². The number of esters is 1. The maximum Gasteiger partial charge on any atom is 0.339 e. The highest BCUT2D eigenvalue weighted by atomic mass is 16.5. The number of carbonyl (C=O) groups excluding carboxylic acids is 1. The standard InChI is InChI=1S/C16H22O4.C13H26/c1-2-3-4-5-6-9-12-20-16(19)14-11-8-7-10-13(14)15(17)18;1-4-5-6-7-8-9-10-12-11-13(12,2)3/h7-8,10-11H,2-6,9,12H2,1H3,(H,17,18);12H,4-11H2,1-3H3. The summed E-state index contributed by atoms with van der Waals surface area (Å²) in [5.41, 5.74) is 0.815. The Kier molecular flexibility index (Phi) is 14.8. The third-order valence-corrected chi connectivity index (χ3v) is 6.73. The van der Waals surface area contributed by atoms with Gasteiger partial charge in [0.05, 0.1) is 17.7 Å². The van der Waals surface area contributed by atoms with Crippen molar-refractivity contribution in [2.75, 3.05) is 6.61 Å². The summed E-state index contributed by atoms with van der Waals surface area (Å²) in [6, 6.07) is 6.11. The number of carboxylic acids is 1. The SMILES string of the molecule is CCCCCCCCC1CC1(C)C.CCCCCCCCOC(=O)c1ccccc1C(=O)O. The second-order valence-corrected chi connectivity index (χ2v) is 10.2. The molecule has 0 radical (unpaired) electrons. The quantitative estimate of drug-likeness (QED) is 0.198. The Labute approximate surface area is 202 Å². The Morgan fingerprint density at radius 1 is 0.848 bits per heavy atom. The van der Waals surface area contributed by atoms with Crippen LogP contribution in [-0.2, 0) is 4.74 Å². The van der Waals surface area contributed by atoms with Gasteiger partial charge in [-0.15, -0.1) is 0 Å². The third kappa shape index (κ3) is 12.8. The number of hydrogen-bond donors (Lipinski definition) is 1. The van der Waals surface area contributed by atoms with Gasteiger partial charge in [-0.3, -0.25) is 0 Å². The highest BCUT2D eigenvalue weighted by Gasteiger charge is 2.44. The minimum absolute atomic E-state index is 0.0135. The first-order valence-corrected chi connectivity index (χ1v) is 13.3. The van der Waals surface area contributed by atoms with Crippen LogP contribution in [0.3, 0.4) is 0 Å². The van der Waals surface area contributed by atoms with Crippen LogP contribution in [0.5, 0.6) is 0 Å². The van der Waals surface area contributed by atoms with Gasteiger partial charge in [0, 0.05) is 0 Å². The van der Waals surface area contributed by atoms with Crippen molar-refractivity contribution < 1.29 is 19.4 Å². The zero-order valence-electron chi connectivity index (χ0n) is 21.7. The van der Waals surface area contributed by atoms with Gasteiger partial charge in [-0.05, 0) is 42.7 Å². The third-order valence-electron chi connectivity index (χ3n) is 6.73. The normalized spacial score (nSPS) is 15.9. The maximum atomic E-state index is 11.8. The van der Waals surface area contributed by atoms with Crippen LogP contribution in [0.2, 0.25) is 0 Å². The predicted octanol–water partition coefficient (Wildman–Crippen LogP) is 8.69. The first-order valence-electron chi connectivity index (χ1n) is 13.3. The molecule has 1 aliphatic rings. The summed E-state index contributed by atoms with van der Waals surface area (Å²) < 4.78 is 5.12. The number of hydrogen-bond acceptors (Lipinski definition) is 3. The molecule has 1 aliphatic carbocycles. The molecular weight excluding hydrogens is 412 g/mol. The van der Waals surface area contributed by atoms with Crippen LogP contribution in [0.1, 0.15) is 138 Å². The van der Waals surface area contributed by atoms with Gasteiger partial charge in [-0.1, -0.05) is 110 Å². The first kappa shape index (κ1) is 29.2. The van der Waals surface area contributed by atoms with Gasteiger partial charge in [0.2, 0.25) is 0 Å². The molecule has 1 fully saturated rings. The lowest BCUT2D eigenvalue weighted by Crippen LogP contribution is -2.12. The Hall–Kier alpha value is -1.84. The van der Waals surface area contributed by atoms with E-state index in [0.717, 1.165) is 25.2 Å². The molecular formula is C29H48O4. The Bertz CT molecular complexity index is 680. The van der Waals surface area contributed by atoms with E-state index in [1.807, 2.05) is 0 Å². The number of unbranched alkanes of at least 4 members (excludes halogenated alkanes) is 10. The average molecular weight is 461 g/mol. The van der Waals surface area contributed by atoms with E-state index in [-0.39, 0.29) is 11.1 Å². The van der Waals surface area contributed by atoms with Gasteiger partial charge in [0.25, 0.3) is 0 Å². The lowest BCUT2D eigenvalue weighted by molar-refractivity contribution is 0.0487. The molecule has 0 spiro atoms. The molecule has 33 heavy (non-hydrogen) atoms. The maximum absolute atomic E-state index is 11.8. The van der Waals surface area contributed by atoms with Gasteiger partial charge in [-0.2, -0.15) is 0 Å². The molecule has 0 aromatic heterocycles. The van der Waals surface area contributed by atoms with Crippen molar-refractivity contribution in [3.63, 3.8) is 0 Å². The largest absolute Gasteiger partial charge is 0.478 e. The summed E-state index contributed by atoms with van der Waals surface area (Å²) in [6.07, 6.45) is 18.4. The zero-order valence-corrected chi connectivity index (χ0v) is 21.7. The number of carbonyl (C=O) groups is 2. The summed E-state index contributed by atoms with van der Waals surface area (Å²) in [5.74, 6) is -0.604. The minimum atomic E-state index is -1.11. The van der Waals surface area contributed by atoms with E-state index in [4.69, 9.17) is 9.84 Å². The highest BCUT2D eigenvalue weighted by molar-refractivity contribution is 6.02. The summed E-state index contributed by atoms with van der Waals surface area (Å²) in [5, 5.41) is 9.00. The molecule has 0 aliphatic heterocycles. The van der Waals surface area contributed by atoms with E-state index in [2.05, 4.69) is 27.7 Å². The molecule has 2 rings (SSSR count). The number of benzene rings is 1. The van der Waals surface area contributed by atoms with E-state index in [9.17, 15) is 9.59 Å². The first-order chi connectivity index (χ1) is 15.8.